The predicted molar refractivity (Wildman–Crippen MR) is 261 cm³/mol. The quantitative estimate of drug-likeness (QED) is 0.155. The summed E-state index contributed by atoms with van der Waals surface area (Å²) in [6.07, 6.45) is 1.75. The van der Waals surface area contributed by atoms with Gasteiger partial charge >= 0.3 is 17.9 Å². The maximum absolute atomic E-state index is 13.0. The molecular weight excluding hydrogens is 781 g/mol. The average Bonchev–Trinajstić information content (AvgIpc) is 3.10. The minimum atomic E-state index is -0.917. The Balaban J connectivity index is 2.18. The van der Waals surface area contributed by atoms with Crippen LogP contribution < -0.4 is 0 Å². The predicted octanol–water partition coefficient (Wildman–Crippen LogP) is 14.3. The molecule has 0 heterocycles. The highest BCUT2D eigenvalue weighted by molar-refractivity contribution is 5.94. The normalized spacial score (nSPS) is 13.1. The zero-order valence-corrected chi connectivity index (χ0v) is 42.7. The van der Waals surface area contributed by atoms with Crippen molar-refractivity contribution in [1.29, 1.82) is 0 Å². The van der Waals surface area contributed by atoms with E-state index in [1.54, 1.807) is 0 Å². The molecule has 6 heteroatoms. The maximum atomic E-state index is 13.0. The number of carbonyl (C=O) groups is 3. The van der Waals surface area contributed by atoms with Crippen LogP contribution in [0.15, 0.2) is 36.4 Å². The fourth-order valence-corrected chi connectivity index (χ4v) is 9.45. The minimum absolute atomic E-state index is 0.376. The summed E-state index contributed by atoms with van der Waals surface area (Å²) in [6, 6.07) is 12.6. The zero-order chi connectivity index (χ0) is 48.5. The molecule has 4 rings (SSSR count). The third-order valence-electron chi connectivity index (χ3n) is 12.9. The van der Waals surface area contributed by atoms with E-state index in [1.807, 2.05) is 0 Å². The second-order valence-corrected chi connectivity index (χ2v) is 24.5. The Morgan fingerprint density at radius 3 is 0.587 bits per heavy atom. The summed E-state index contributed by atoms with van der Waals surface area (Å²) in [5.41, 5.74) is 13.6. The first-order valence-corrected chi connectivity index (χ1v) is 22.6. The van der Waals surface area contributed by atoms with Crippen LogP contribution in [-0.4, -0.2) is 33.2 Å². The fourth-order valence-electron chi connectivity index (χ4n) is 9.45. The van der Waals surface area contributed by atoms with Crippen LogP contribution in [0.25, 0.3) is 0 Å². The van der Waals surface area contributed by atoms with Crippen molar-refractivity contribution < 1.29 is 29.7 Å². The lowest BCUT2D eigenvalue weighted by molar-refractivity contribution is 0.0680. The van der Waals surface area contributed by atoms with Gasteiger partial charge in [0, 0.05) is 0 Å². The van der Waals surface area contributed by atoms with Crippen molar-refractivity contribution in [2.75, 3.05) is 0 Å². The van der Waals surface area contributed by atoms with Crippen LogP contribution in [0.2, 0.25) is 0 Å². The second kappa shape index (κ2) is 17.0. The standard InChI is InChI=1S/C57H78O6/c1-31-37(22-34-25-40(52(4,5)6)46(49(58)59)41(26-34)53(7,8)9)32(2)39(24-36-29-44(56(16,17)18)48(51(62)63)45(30-36)57(19,20)21)33(3)38(31)23-35-27-42(54(10,11)12)47(50(60)61)43(28-35)55(13,14)15/h25-30H,22-24H2,1-21H3,(H,58,59)(H,60,61)(H,62,63). The van der Waals surface area contributed by atoms with Crippen LogP contribution in [0.1, 0.15) is 239 Å². The highest BCUT2D eigenvalue weighted by Gasteiger charge is 2.34. The molecule has 0 radical (unpaired) electrons. The summed E-state index contributed by atoms with van der Waals surface area (Å²) < 4.78 is 0. The molecule has 0 aliphatic rings. The summed E-state index contributed by atoms with van der Waals surface area (Å²) in [5.74, 6) is -2.75. The molecule has 0 fully saturated rings. The molecule has 0 saturated carbocycles. The van der Waals surface area contributed by atoms with Gasteiger partial charge in [0.25, 0.3) is 0 Å². The molecule has 0 aliphatic carbocycles. The van der Waals surface area contributed by atoms with Crippen molar-refractivity contribution >= 4 is 17.9 Å². The van der Waals surface area contributed by atoms with E-state index in [4.69, 9.17) is 0 Å². The van der Waals surface area contributed by atoms with Gasteiger partial charge in [-0.3, -0.25) is 0 Å². The van der Waals surface area contributed by atoms with Gasteiger partial charge in [-0.25, -0.2) is 14.4 Å². The van der Waals surface area contributed by atoms with Crippen molar-refractivity contribution in [3.05, 3.63) is 137 Å². The van der Waals surface area contributed by atoms with E-state index in [-0.39, 0.29) is 0 Å². The first-order chi connectivity index (χ1) is 28.3. The van der Waals surface area contributed by atoms with Gasteiger partial charge in [-0.1, -0.05) is 161 Å². The van der Waals surface area contributed by atoms with E-state index in [0.29, 0.717) is 36.0 Å². The summed E-state index contributed by atoms with van der Waals surface area (Å²) in [6.45, 7) is 43.9. The molecule has 63 heavy (non-hydrogen) atoms. The van der Waals surface area contributed by atoms with E-state index in [2.05, 4.69) is 182 Å². The largest absolute Gasteiger partial charge is 0.478 e. The Labute approximate surface area is 380 Å². The minimum Gasteiger partial charge on any atom is -0.478 e. The molecule has 4 aromatic carbocycles. The van der Waals surface area contributed by atoms with E-state index in [0.717, 1.165) is 66.8 Å². The van der Waals surface area contributed by atoms with E-state index >= 15 is 0 Å². The monoisotopic (exact) mass is 859 g/mol. The van der Waals surface area contributed by atoms with Gasteiger partial charge in [-0.05, 0) is 156 Å². The number of hydrogen-bond acceptors (Lipinski definition) is 3. The first kappa shape index (κ1) is 50.9. The van der Waals surface area contributed by atoms with Crippen LogP contribution in [0, 0.1) is 20.8 Å². The molecule has 6 nitrogen and oxygen atoms in total. The van der Waals surface area contributed by atoms with Crippen LogP contribution in [0.5, 0.6) is 0 Å². The Morgan fingerprint density at radius 1 is 0.333 bits per heavy atom. The number of rotatable bonds is 9. The van der Waals surface area contributed by atoms with E-state index in [1.165, 1.54) is 16.7 Å². The van der Waals surface area contributed by atoms with Gasteiger partial charge in [0.2, 0.25) is 0 Å². The molecule has 0 spiro atoms. The van der Waals surface area contributed by atoms with Crippen molar-refractivity contribution in [2.45, 2.75) is 197 Å². The lowest BCUT2D eigenvalue weighted by Crippen LogP contribution is -2.25. The van der Waals surface area contributed by atoms with Gasteiger partial charge in [-0.2, -0.15) is 0 Å². The molecule has 0 unspecified atom stereocenters. The van der Waals surface area contributed by atoms with Crippen molar-refractivity contribution in [3.8, 4) is 0 Å². The third kappa shape index (κ3) is 10.8. The van der Waals surface area contributed by atoms with Gasteiger partial charge in [0.05, 0.1) is 16.7 Å². The SMILES string of the molecule is Cc1c(Cc2cc(C(C)(C)C)c(C(=O)O)c(C(C)(C)C)c2)c(C)c(Cc2cc(C(C)(C)C)c(C(=O)O)c(C(C)(C)C)c2)c(C)c1Cc1cc(C(C)(C)C)c(C(=O)O)c(C(C)(C)C)c1. The second-order valence-electron chi connectivity index (χ2n) is 24.5. The Hall–Kier alpha value is -4.71. The van der Waals surface area contributed by atoms with E-state index < -0.39 is 50.4 Å². The Kier molecular flexibility index (Phi) is 13.8. The molecular formula is C57H78O6. The number of benzene rings is 4. The first-order valence-electron chi connectivity index (χ1n) is 22.6. The fraction of sp³-hybridized carbons (Fsp3) is 0.526. The lowest BCUT2D eigenvalue weighted by atomic mass is 9.73. The van der Waals surface area contributed by atoms with Gasteiger partial charge in [-0.15, -0.1) is 0 Å². The number of aromatic carboxylic acids is 3. The molecule has 0 aromatic heterocycles. The topological polar surface area (TPSA) is 112 Å². The van der Waals surface area contributed by atoms with Gasteiger partial charge < -0.3 is 15.3 Å². The highest BCUT2D eigenvalue weighted by Crippen LogP contribution is 2.42. The third-order valence-corrected chi connectivity index (χ3v) is 12.9. The molecule has 0 amide bonds. The molecule has 4 aromatic rings. The molecule has 3 N–H and O–H groups in total. The van der Waals surface area contributed by atoms with Crippen molar-refractivity contribution in [1.82, 2.24) is 0 Å². The van der Waals surface area contributed by atoms with Gasteiger partial charge in [0.15, 0.2) is 0 Å². The molecule has 0 saturated heterocycles. The van der Waals surface area contributed by atoms with Crippen molar-refractivity contribution in [2.24, 2.45) is 0 Å². The highest BCUT2D eigenvalue weighted by atomic mass is 16.4. The Morgan fingerprint density at radius 2 is 0.476 bits per heavy atom. The molecule has 342 valence electrons. The molecule has 0 aliphatic heterocycles. The average molecular weight is 859 g/mol. The zero-order valence-electron chi connectivity index (χ0n) is 42.7. The maximum Gasteiger partial charge on any atom is 0.336 e. The van der Waals surface area contributed by atoms with Crippen LogP contribution in [-0.2, 0) is 51.8 Å². The smallest absolute Gasteiger partial charge is 0.336 e. The lowest BCUT2D eigenvalue weighted by Gasteiger charge is -2.31. The van der Waals surface area contributed by atoms with E-state index in [9.17, 15) is 29.7 Å². The van der Waals surface area contributed by atoms with Gasteiger partial charge in [0.1, 0.15) is 0 Å². The summed E-state index contributed by atoms with van der Waals surface area (Å²) in [4.78, 5) is 38.9. The number of carboxylic acid groups (broad SMARTS) is 3. The number of hydrogen-bond donors (Lipinski definition) is 3. The summed E-state index contributed by atoms with van der Waals surface area (Å²) >= 11 is 0. The van der Waals surface area contributed by atoms with Crippen LogP contribution in [0.3, 0.4) is 0 Å². The van der Waals surface area contributed by atoms with Crippen LogP contribution >= 0.6 is 0 Å². The van der Waals surface area contributed by atoms with Crippen molar-refractivity contribution in [3.63, 3.8) is 0 Å². The number of carboxylic acids is 3. The summed E-state index contributed by atoms with van der Waals surface area (Å²) in [7, 11) is 0. The van der Waals surface area contributed by atoms with Crippen LogP contribution in [0.4, 0.5) is 0 Å². The molecule has 0 bridgehead atoms. The summed E-state index contributed by atoms with van der Waals surface area (Å²) in [5, 5.41) is 31.9. The molecule has 0 atom stereocenters. The Bertz CT molecular complexity index is 2070.